The summed E-state index contributed by atoms with van der Waals surface area (Å²) in [6.45, 7) is 2.02. The van der Waals surface area contributed by atoms with Gasteiger partial charge in [-0.15, -0.1) is 0 Å². The second-order valence-electron chi connectivity index (χ2n) is 6.82. The number of aromatic nitrogens is 4. The van der Waals surface area contributed by atoms with Crippen LogP contribution >= 0.6 is 0 Å². The number of aromatic amines is 1. The van der Waals surface area contributed by atoms with Crippen molar-refractivity contribution in [3.63, 3.8) is 0 Å². The van der Waals surface area contributed by atoms with Crippen LogP contribution in [0.15, 0.2) is 52.3 Å². The summed E-state index contributed by atoms with van der Waals surface area (Å²) >= 11 is 0. The molecular formula is C20H23N5O5. The molecular weight excluding hydrogens is 390 g/mol. The Labute approximate surface area is 171 Å². The number of rotatable bonds is 9. The second-order valence-corrected chi connectivity index (χ2v) is 6.82. The summed E-state index contributed by atoms with van der Waals surface area (Å²) in [4.78, 5) is 38.4. The fraction of sp³-hybridized carbons (Fsp3) is 0.350. The van der Waals surface area contributed by atoms with Crippen molar-refractivity contribution in [3.8, 4) is 5.69 Å². The zero-order valence-corrected chi connectivity index (χ0v) is 16.8. The van der Waals surface area contributed by atoms with E-state index in [9.17, 15) is 19.7 Å². The van der Waals surface area contributed by atoms with Crippen molar-refractivity contribution in [1.82, 2.24) is 19.3 Å². The average Bonchev–Trinajstić information content (AvgIpc) is 3.20. The Kier molecular flexibility index (Phi) is 6.58. The van der Waals surface area contributed by atoms with Crippen LogP contribution in [0.25, 0.3) is 5.69 Å². The number of para-hydroxylation sites is 1. The van der Waals surface area contributed by atoms with E-state index in [1.165, 1.54) is 7.11 Å². The van der Waals surface area contributed by atoms with Crippen LogP contribution in [0.4, 0.5) is 5.69 Å². The molecule has 3 aromatic rings. The van der Waals surface area contributed by atoms with Crippen LogP contribution in [0, 0.1) is 10.1 Å². The van der Waals surface area contributed by atoms with E-state index in [0.717, 1.165) is 22.2 Å². The highest BCUT2D eigenvalue weighted by molar-refractivity contribution is 5.35. The third-order valence-electron chi connectivity index (χ3n) is 4.79. The van der Waals surface area contributed by atoms with Crippen molar-refractivity contribution < 1.29 is 9.66 Å². The van der Waals surface area contributed by atoms with Gasteiger partial charge in [-0.05, 0) is 24.1 Å². The van der Waals surface area contributed by atoms with Crippen LogP contribution in [0.3, 0.4) is 0 Å². The summed E-state index contributed by atoms with van der Waals surface area (Å²) in [6.07, 6.45) is 4.00. The highest BCUT2D eigenvalue weighted by Gasteiger charge is 2.30. The van der Waals surface area contributed by atoms with Crippen molar-refractivity contribution in [1.29, 1.82) is 0 Å². The molecule has 158 valence electrons. The molecule has 0 radical (unpaired) electrons. The fourth-order valence-electron chi connectivity index (χ4n) is 3.21. The largest absolute Gasteiger partial charge is 0.375 e. The summed E-state index contributed by atoms with van der Waals surface area (Å²) < 4.78 is 7.95. The van der Waals surface area contributed by atoms with Gasteiger partial charge in [-0.25, -0.2) is 9.48 Å². The number of nitrogens with one attached hydrogen (secondary N) is 1. The first-order valence-electron chi connectivity index (χ1n) is 9.59. The first-order chi connectivity index (χ1) is 14.5. The maximum atomic E-state index is 12.6. The minimum atomic E-state index is -0.922. The summed E-state index contributed by atoms with van der Waals surface area (Å²) in [5.74, 6) is 0. The molecule has 10 nitrogen and oxygen atoms in total. The zero-order chi connectivity index (χ0) is 21.7. The predicted octanol–water partition coefficient (Wildman–Crippen LogP) is 2.36. The molecule has 0 bridgehead atoms. The van der Waals surface area contributed by atoms with E-state index in [1.54, 1.807) is 17.1 Å². The molecule has 0 spiro atoms. The van der Waals surface area contributed by atoms with Gasteiger partial charge < -0.3 is 9.72 Å². The third-order valence-corrected chi connectivity index (χ3v) is 4.79. The SMILES string of the molecule is CCCCn1c(=O)[nH]c(C(Cc2cnn(-c3ccccc3)c2)OC)c([N+](=O)[O-])c1=O. The van der Waals surface area contributed by atoms with E-state index in [0.29, 0.717) is 6.42 Å². The van der Waals surface area contributed by atoms with E-state index in [-0.39, 0.29) is 18.7 Å². The first kappa shape index (κ1) is 21.2. The minimum absolute atomic E-state index is 0.118. The number of benzene rings is 1. The Bertz CT molecular complexity index is 1130. The normalized spacial score (nSPS) is 12.1. The average molecular weight is 413 g/mol. The maximum absolute atomic E-state index is 12.6. The highest BCUT2D eigenvalue weighted by Crippen LogP contribution is 2.25. The van der Waals surface area contributed by atoms with Gasteiger partial charge in [0.25, 0.3) is 0 Å². The summed E-state index contributed by atoms with van der Waals surface area (Å²) in [7, 11) is 1.37. The first-order valence-corrected chi connectivity index (χ1v) is 9.59. The number of ether oxygens (including phenoxy) is 1. The Balaban J connectivity index is 1.97. The number of H-pyrrole nitrogens is 1. The van der Waals surface area contributed by atoms with Crippen molar-refractivity contribution >= 4 is 5.69 Å². The van der Waals surface area contributed by atoms with Crippen LogP contribution in [0.2, 0.25) is 0 Å². The van der Waals surface area contributed by atoms with Gasteiger partial charge in [0, 0.05) is 26.3 Å². The van der Waals surface area contributed by atoms with Crippen LogP contribution in [-0.2, 0) is 17.7 Å². The Morgan fingerprint density at radius 1 is 1.27 bits per heavy atom. The lowest BCUT2D eigenvalue weighted by Gasteiger charge is -2.15. The quantitative estimate of drug-likeness (QED) is 0.424. The highest BCUT2D eigenvalue weighted by atomic mass is 16.6. The minimum Gasteiger partial charge on any atom is -0.375 e. The maximum Gasteiger partial charge on any atom is 0.356 e. The Morgan fingerprint density at radius 2 is 2.00 bits per heavy atom. The number of unbranched alkanes of at least 4 members (excludes halogenated alkanes) is 1. The van der Waals surface area contributed by atoms with E-state index in [1.807, 2.05) is 37.3 Å². The molecule has 0 aliphatic heterocycles. The van der Waals surface area contributed by atoms with Crippen LogP contribution in [-0.4, -0.2) is 31.4 Å². The smallest absolute Gasteiger partial charge is 0.356 e. The molecule has 2 heterocycles. The Morgan fingerprint density at radius 3 is 2.63 bits per heavy atom. The zero-order valence-electron chi connectivity index (χ0n) is 16.8. The number of nitrogens with zero attached hydrogens (tertiary/aromatic N) is 4. The molecule has 3 rings (SSSR count). The second kappa shape index (κ2) is 9.31. The number of hydrogen-bond donors (Lipinski definition) is 1. The summed E-state index contributed by atoms with van der Waals surface area (Å²) in [5, 5.41) is 15.9. The van der Waals surface area contributed by atoms with Gasteiger partial charge in [0.2, 0.25) is 0 Å². The van der Waals surface area contributed by atoms with Gasteiger partial charge in [0.05, 0.1) is 16.8 Å². The summed E-state index contributed by atoms with van der Waals surface area (Å²) in [5.41, 5.74) is -0.831. The van der Waals surface area contributed by atoms with E-state index in [4.69, 9.17) is 4.74 Å². The van der Waals surface area contributed by atoms with Crippen LogP contribution in [0.5, 0.6) is 0 Å². The van der Waals surface area contributed by atoms with Crippen molar-refractivity contribution in [3.05, 3.63) is 84.9 Å². The fourth-order valence-corrected chi connectivity index (χ4v) is 3.21. The van der Waals surface area contributed by atoms with Crippen molar-refractivity contribution in [2.24, 2.45) is 0 Å². The lowest BCUT2D eigenvalue weighted by Crippen LogP contribution is -2.38. The number of methoxy groups -OCH3 is 1. The number of hydrogen-bond acceptors (Lipinski definition) is 6. The monoisotopic (exact) mass is 413 g/mol. The molecule has 1 aromatic carbocycles. The predicted molar refractivity (Wildman–Crippen MR) is 110 cm³/mol. The van der Waals surface area contributed by atoms with E-state index in [2.05, 4.69) is 10.1 Å². The van der Waals surface area contributed by atoms with Crippen molar-refractivity contribution in [2.75, 3.05) is 7.11 Å². The van der Waals surface area contributed by atoms with E-state index < -0.39 is 28.0 Å². The Hall–Kier alpha value is -3.53. The third kappa shape index (κ3) is 4.38. The topological polar surface area (TPSA) is 125 Å². The van der Waals surface area contributed by atoms with Gasteiger partial charge in [-0.2, -0.15) is 5.10 Å². The molecule has 0 aliphatic carbocycles. The summed E-state index contributed by atoms with van der Waals surface area (Å²) in [6, 6.07) is 9.45. The molecule has 0 saturated heterocycles. The lowest BCUT2D eigenvalue weighted by atomic mass is 10.1. The molecule has 1 unspecified atom stereocenters. The molecule has 2 aromatic heterocycles. The van der Waals surface area contributed by atoms with Gasteiger partial charge >= 0.3 is 16.9 Å². The van der Waals surface area contributed by atoms with E-state index >= 15 is 0 Å². The van der Waals surface area contributed by atoms with Gasteiger partial charge in [0.15, 0.2) is 0 Å². The van der Waals surface area contributed by atoms with Gasteiger partial charge in [-0.3, -0.25) is 19.5 Å². The van der Waals surface area contributed by atoms with Gasteiger partial charge in [-0.1, -0.05) is 31.5 Å². The number of nitro groups is 1. The van der Waals surface area contributed by atoms with Crippen LogP contribution < -0.4 is 11.2 Å². The molecule has 0 fully saturated rings. The van der Waals surface area contributed by atoms with Gasteiger partial charge in [0.1, 0.15) is 11.8 Å². The molecule has 0 saturated carbocycles. The lowest BCUT2D eigenvalue weighted by molar-refractivity contribution is -0.388. The molecule has 30 heavy (non-hydrogen) atoms. The van der Waals surface area contributed by atoms with Crippen molar-refractivity contribution in [2.45, 2.75) is 38.8 Å². The molecule has 0 amide bonds. The molecule has 1 atom stereocenters. The van der Waals surface area contributed by atoms with Crippen LogP contribution in [0.1, 0.15) is 37.1 Å². The standard InChI is InChI=1S/C20H23N5O5/c1-3-4-10-23-19(26)18(25(28)29)17(22-20(23)27)16(30-2)11-14-12-21-24(13-14)15-8-6-5-7-9-15/h5-9,12-13,16H,3-4,10-11H2,1-2H3,(H,22,27). The molecule has 1 N–H and O–H groups in total. The molecule has 0 aliphatic rings. The molecule has 10 heteroatoms.